The van der Waals surface area contributed by atoms with Crippen molar-refractivity contribution in [3.05, 3.63) is 28.7 Å². The maximum Gasteiger partial charge on any atom is 0.191 e. The average Bonchev–Trinajstić information content (AvgIpc) is 3.35. The molecule has 31 heavy (non-hydrogen) atoms. The standard InChI is InChI=1S/C21H36N8O2/c1-5-18-17(19(6-2)31-27-18)14-23-21(24-15-20-26-25-16(3)28(20)4)22-8-7-9-29-10-12-30-13-11-29/h5-15H2,1-4H3,(H2,22,23,24). The van der Waals surface area contributed by atoms with Crippen molar-refractivity contribution in [3.8, 4) is 0 Å². The van der Waals surface area contributed by atoms with Gasteiger partial charge in [0.1, 0.15) is 11.6 Å². The summed E-state index contributed by atoms with van der Waals surface area (Å²) in [5, 5.41) is 19.4. The number of hydrogen-bond donors (Lipinski definition) is 2. The van der Waals surface area contributed by atoms with Crippen LogP contribution in [0.2, 0.25) is 0 Å². The highest BCUT2D eigenvalue weighted by Crippen LogP contribution is 2.16. The molecule has 1 saturated heterocycles. The van der Waals surface area contributed by atoms with Gasteiger partial charge in [0.05, 0.1) is 32.0 Å². The van der Waals surface area contributed by atoms with E-state index in [0.717, 1.165) is 93.3 Å². The Labute approximate surface area is 184 Å². The Morgan fingerprint density at radius 3 is 2.61 bits per heavy atom. The van der Waals surface area contributed by atoms with Gasteiger partial charge in [0.2, 0.25) is 0 Å². The van der Waals surface area contributed by atoms with E-state index in [4.69, 9.17) is 14.3 Å². The number of aliphatic imine (C=N–C) groups is 1. The fraction of sp³-hybridized carbons (Fsp3) is 0.714. The van der Waals surface area contributed by atoms with E-state index >= 15 is 0 Å². The van der Waals surface area contributed by atoms with E-state index in [1.165, 1.54) is 0 Å². The first-order valence-corrected chi connectivity index (χ1v) is 11.3. The van der Waals surface area contributed by atoms with Gasteiger partial charge in [0.25, 0.3) is 0 Å². The molecule has 1 aliphatic heterocycles. The minimum Gasteiger partial charge on any atom is -0.379 e. The van der Waals surface area contributed by atoms with Crippen LogP contribution in [0.1, 0.15) is 48.9 Å². The lowest BCUT2D eigenvalue weighted by Crippen LogP contribution is -2.40. The van der Waals surface area contributed by atoms with Crippen LogP contribution in [0.15, 0.2) is 9.52 Å². The quantitative estimate of drug-likeness (QED) is 0.328. The van der Waals surface area contributed by atoms with Gasteiger partial charge in [0.15, 0.2) is 11.8 Å². The van der Waals surface area contributed by atoms with Gasteiger partial charge >= 0.3 is 0 Å². The highest BCUT2D eigenvalue weighted by Gasteiger charge is 2.14. The topological polar surface area (TPSA) is 106 Å². The lowest BCUT2D eigenvalue weighted by atomic mass is 10.1. The number of hydrogen-bond acceptors (Lipinski definition) is 7. The summed E-state index contributed by atoms with van der Waals surface area (Å²) < 4.78 is 12.9. The summed E-state index contributed by atoms with van der Waals surface area (Å²) in [7, 11) is 1.97. The van der Waals surface area contributed by atoms with E-state index in [1.807, 2.05) is 18.5 Å². The van der Waals surface area contributed by atoms with Crippen molar-refractivity contribution >= 4 is 5.96 Å². The molecule has 2 aromatic rings. The van der Waals surface area contributed by atoms with E-state index in [1.54, 1.807) is 0 Å². The minimum atomic E-state index is 0.534. The van der Waals surface area contributed by atoms with Crippen LogP contribution < -0.4 is 10.6 Å². The zero-order valence-electron chi connectivity index (χ0n) is 19.3. The molecule has 0 aliphatic carbocycles. The van der Waals surface area contributed by atoms with Crippen molar-refractivity contribution in [2.75, 3.05) is 39.4 Å². The zero-order chi connectivity index (χ0) is 22.1. The Morgan fingerprint density at radius 1 is 1.13 bits per heavy atom. The number of morpholine rings is 1. The molecular weight excluding hydrogens is 396 g/mol. The molecule has 0 aromatic carbocycles. The van der Waals surface area contributed by atoms with Crippen molar-refractivity contribution in [3.63, 3.8) is 0 Å². The van der Waals surface area contributed by atoms with Gasteiger partial charge in [-0.3, -0.25) is 4.90 Å². The summed E-state index contributed by atoms with van der Waals surface area (Å²) in [4.78, 5) is 7.26. The smallest absolute Gasteiger partial charge is 0.191 e. The molecule has 10 heteroatoms. The molecule has 2 aromatic heterocycles. The van der Waals surface area contributed by atoms with Gasteiger partial charge in [-0.1, -0.05) is 19.0 Å². The van der Waals surface area contributed by atoms with Crippen LogP contribution >= 0.6 is 0 Å². The third-order valence-corrected chi connectivity index (χ3v) is 5.65. The SMILES string of the molecule is CCc1noc(CC)c1CN=C(NCCCN1CCOCC1)NCc1nnc(C)n1C. The summed E-state index contributed by atoms with van der Waals surface area (Å²) >= 11 is 0. The number of nitrogens with one attached hydrogen (secondary N) is 2. The summed E-state index contributed by atoms with van der Waals surface area (Å²) in [6, 6.07) is 0. The van der Waals surface area contributed by atoms with E-state index in [-0.39, 0.29) is 0 Å². The maximum absolute atomic E-state index is 5.48. The average molecular weight is 433 g/mol. The highest BCUT2D eigenvalue weighted by molar-refractivity contribution is 5.79. The number of guanidine groups is 1. The summed E-state index contributed by atoms with van der Waals surface area (Å²) in [6.45, 7) is 12.8. The van der Waals surface area contributed by atoms with Crippen molar-refractivity contribution in [1.29, 1.82) is 0 Å². The minimum absolute atomic E-state index is 0.534. The Kier molecular flexibility index (Phi) is 8.84. The summed E-state index contributed by atoms with van der Waals surface area (Å²) in [5.41, 5.74) is 2.07. The number of aryl methyl sites for hydroxylation is 3. The predicted octanol–water partition coefficient (Wildman–Crippen LogP) is 1.19. The first-order valence-electron chi connectivity index (χ1n) is 11.3. The lowest BCUT2D eigenvalue weighted by molar-refractivity contribution is 0.0376. The maximum atomic E-state index is 5.48. The van der Waals surface area contributed by atoms with Crippen LogP contribution in [0.4, 0.5) is 0 Å². The third kappa shape index (κ3) is 6.51. The van der Waals surface area contributed by atoms with Crippen molar-refractivity contribution < 1.29 is 9.26 Å². The van der Waals surface area contributed by atoms with Gasteiger partial charge in [-0.05, 0) is 26.3 Å². The Morgan fingerprint density at radius 2 is 1.94 bits per heavy atom. The summed E-state index contributed by atoms with van der Waals surface area (Å²) in [6.07, 6.45) is 2.69. The largest absolute Gasteiger partial charge is 0.379 e. The second-order valence-corrected chi connectivity index (χ2v) is 7.71. The predicted molar refractivity (Wildman–Crippen MR) is 119 cm³/mol. The first-order chi connectivity index (χ1) is 15.1. The van der Waals surface area contributed by atoms with Gasteiger partial charge in [-0.15, -0.1) is 10.2 Å². The van der Waals surface area contributed by atoms with Crippen molar-refractivity contribution in [2.24, 2.45) is 12.0 Å². The fourth-order valence-electron chi connectivity index (χ4n) is 3.55. The zero-order valence-corrected chi connectivity index (χ0v) is 19.3. The van der Waals surface area contributed by atoms with Crippen LogP contribution in [0.25, 0.3) is 0 Å². The molecule has 0 unspecified atom stereocenters. The van der Waals surface area contributed by atoms with Crippen LogP contribution in [0, 0.1) is 6.92 Å². The molecule has 3 rings (SSSR count). The molecule has 1 aliphatic rings. The normalized spacial score (nSPS) is 15.4. The number of rotatable bonds is 10. The molecule has 3 heterocycles. The van der Waals surface area contributed by atoms with Gasteiger partial charge in [-0.25, -0.2) is 4.99 Å². The van der Waals surface area contributed by atoms with Gasteiger partial charge < -0.3 is 24.5 Å². The van der Waals surface area contributed by atoms with Crippen LogP contribution in [-0.4, -0.2) is 70.2 Å². The molecule has 10 nitrogen and oxygen atoms in total. The highest BCUT2D eigenvalue weighted by atomic mass is 16.5. The fourth-order valence-corrected chi connectivity index (χ4v) is 3.55. The molecule has 0 bridgehead atoms. The monoisotopic (exact) mass is 432 g/mol. The first kappa shape index (κ1) is 23.2. The number of nitrogens with zero attached hydrogens (tertiary/aromatic N) is 6. The van der Waals surface area contributed by atoms with Gasteiger partial charge in [-0.2, -0.15) is 0 Å². The number of ether oxygens (including phenoxy) is 1. The van der Waals surface area contributed by atoms with Crippen LogP contribution in [-0.2, 0) is 37.7 Å². The Hall–Kier alpha value is -2.46. The van der Waals surface area contributed by atoms with E-state index < -0.39 is 0 Å². The van der Waals surface area contributed by atoms with Gasteiger partial charge in [0, 0.05) is 38.7 Å². The lowest BCUT2D eigenvalue weighted by Gasteiger charge is -2.26. The van der Waals surface area contributed by atoms with Crippen LogP contribution in [0.5, 0.6) is 0 Å². The molecule has 0 spiro atoms. The molecule has 2 N–H and O–H groups in total. The number of aromatic nitrogens is 4. The molecule has 0 amide bonds. The van der Waals surface area contributed by atoms with E-state index in [9.17, 15) is 0 Å². The molecule has 172 valence electrons. The molecule has 0 saturated carbocycles. The molecular formula is C21H36N8O2. The van der Waals surface area contributed by atoms with Crippen molar-refractivity contribution in [1.82, 2.24) is 35.5 Å². The van der Waals surface area contributed by atoms with Crippen molar-refractivity contribution in [2.45, 2.75) is 53.1 Å². The molecule has 0 atom stereocenters. The van der Waals surface area contributed by atoms with Crippen LogP contribution in [0.3, 0.4) is 0 Å². The Bertz CT molecular complexity index is 817. The summed E-state index contributed by atoms with van der Waals surface area (Å²) in [5.74, 6) is 3.43. The van der Waals surface area contributed by atoms with E-state index in [2.05, 4.69) is 44.7 Å². The molecule has 1 fully saturated rings. The van der Waals surface area contributed by atoms with E-state index in [0.29, 0.717) is 13.1 Å². The Balaban J connectivity index is 1.60. The molecule has 0 radical (unpaired) electrons. The second-order valence-electron chi connectivity index (χ2n) is 7.71. The third-order valence-electron chi connectivity index (χ3n) is 5.65. The second kappa shape index (κ2) is 11.8.